The molecule has 0 saturated carbocycles. The van der Waals surface area contributed by atoms with E-state index in [1.165, 1.54) is 14.8 Å². The van der Waals surface area contributed by atoms with E-state index in [1.807, 2.05) is 42.5 Å². The van der Waals surface area contributed by atoms with Gasteiger partial charge >= 0.3 is 5.69 Å². The first-order chi connectivity index (χ1) is 14.1. The van der Waals surface area contributed by atoms with Crippen LogP contribution in [0, 0.1) is 0 Å². The minimum atomic E-state index is -0.214. The van der Waals surface area contributed by atoms with Crippen molar-refractivity contribution in [1.82, 2.24) is 19.7 Å². The highest BCUT2D eigenvalue weighted by molar-refractivity contribution is 5.75. The van der Waals surface area contributed by atoms with Crippen molar-refractivity contribution in [3.8, 4) is 17.1 Å². The molecule has 1 heterocycles. The van der Waals surface area contributed by atoms with Crippen LogP contribution in [0.15, 0.2) is 59.4 Å². The first-order valence-electron chi connectivity index (χ1n) is 9.67. The van der Waals surface area contributed by atoms with Crippen LogP contribution in [0.5, 0.6) is 5.75 Å². The predicted octanol–water partition coefficient (Wildman–Crippen LogP) is 2.40. The Morgan fingerprint density at radius 3 is 2.52 bits per heavy atom. The molecular weight excluding hydrogens is 368 g/mol. The third-order valence-corrected chi connectivity index (χ3v) is 4.75. The number of nitrogens with zero attached hydrogens (tertiary/aromatic N) is 3. The van der Waals surface area contributed by atoms with Gasteiger partial charge in [0.25, 0.3) is 0 Å². The molecule has 0 aliphatic heterocycles. The van der Waals surface area contributed by atoms with Gasteiger partial charge in [-0.3, -0.25) is 9.36 Å². The van der Waals surface area contributed by atoms with Crippen LogP contribution >= 0.6 is 0 Å². The van der Waals surface area contributed by atoms with E-state index in [9.17, 15) is 9.59 Å². The number of amides is 1. The highest BCUT2D eigenvalue weighted by atomic mass is 16.5. The van der Waals surface area contributed by atoms with Crippen molar-refractivity contribution in [3.63, 3.8) is 0 Å². The van der Waals surface area contributed by atoms with Gasteiger partial charge in [0.1, 0.15) is 5.75 Å². The Bertz CT molecular complexity index is 991. The Morgan fingerprint density at radius 2 is 1.83 bits per heavy atom. The maximum absolute atomic E-state index is 12.4. The summed E-state index contributed by atoms with van der Waals surface area (Å²) in [6, 6.07) is 17.5. The largest absolute Gasteiger partial charge is 0.497 e. The van der Waals surface area contributed by atoms with E-state index in [0.29, 0.717) is 25.3 Å². The third-order valence-electron chi connectivity index (χ3n) is 4.75. The molecule has 0 fully saturated rings. The number of ether oxygens (including phenoxy) is 1. The summed E-state index contributed by atoms with van der Waals surface area (Å²) in [5, 5.41) is 7.27. The van der Waals surface area contributed by atoms with Gasteiger partial charge in [0, 0.05) is 25.6 Å². The summed E-state index contributed by atoms with van der Waals surface area (Å²) >= 11 is 0. The van der Waals surface area contributed by atoms with Crippen LogP contribution in [0.1, 0.15) is 18.4 Å². The zero-order valence-corrected chi connectivity index (χ0v) is 16.8. The minimum absolute atomic E-state index is 0.0136. The number of hydrogen-bond donors (Lipinski definition) is 1. The fourth-order valence-electron chi connectivity index (χ4n) is 3.11. The van der Waals surface area contributed by atoms with E-state index < -0.39 is 0 Å². The second-order valence-corrected chi connectivity index (χ2v) is 6.81. The molecule has 3 aromatic rings. The molecule has 152 valence electrons. The van der Waals surface area contributed by atoms with Crippen molar-refractivity contribution < 1.29 is 9.53 Å². The molecule has 1 amide bonds. The lowest BCUT2D eigenvalue weighted by Crippen LogP contribution is -2.31. The van der Waals surface area contributed by atoms with Gasteiger partial charge < -0.3 is 10.1 Å². The Morgan fingerprint density at radius 1 is 1.10 bits per heavy atom. The number of hydrogen-bond acceptors (Lipinski definition) is 4. The molecule has 0 bridgehead atoms. The third kappa shape index (κ3) is 5.34. The minimum Gasteiger partial charge on any atom is -0.497 e. The summed E-state index contributed by atoms with van der Waals surface area (Å²) in [6.45, 7) is 0.691. The standard InChI is InChI=1S/C22H26N4O3/c1-25-21(18-11-13-19(29-2)14-12-18)24-26(22(25)28)16-15-23-20(27)10-6-9-17-7-4-3-5-8-17/h3-5,7-8,11-14H,6,9-10,15-16H2,1-2H3,(H,23,27). The summed E-state index contributed by atoms with van der Waals surface area (Å²) in [4.78, 5) is 24.4. The molecule has 29 heavy (non-hydrogen) atoms. The topological polar surface area (TPSA) is 78.2 Å². The number of rotatable bonds is 9. The highest BCUT2D eigenvalue weighted by Crippen LogP contribution is 2.19. The fourth-order valence-corrected chi connectivity index (χ4v) is 3.11. The van der Waals surface area contributed by atoms with E-state index >= 15 is 0 Å². The van der Waals surface area contributed by atoms with Crippen LogP contribution in [0.3, 0.4) is 0 Å². The lowest BCUT2D eigenvalue weighted by Gasteiger charge is -2.05. The van der Waals surface area contributed by atoms with Crippen LogP contribution in [-0.2, 0) is 24.8 Å². The summed E-state index contributed by atoms with van der Waals surface area (Å²) in [6.07, 6.45) is 2.13. The Labute approximate surface area is 169 Å². The SMILES string of the molecule is COc1ccc(-c2nn(CCNC(=O)CCCc3ccccc3)c(=O)n2C)cc1. The first kappa shape index (κ1) is 20.4. The summed E-state index contributed by atoms with van der Waals surface area (Å²) in [7, 11) is 3.29. The molecule has 7 nitrogen and oxygen atoms in total. The number of aromatic nitrogens is 3. The number of benzene rings is 2. The molecule has 1 N–H and O–H groups in total. The molecule has 0 unspecified atom stereocenters. The van der Waals surface area contributed by atoms with Gasteiger partial charge in [0.05, 0.1) is 13.7 Å². The molecule has 0 aliphatic rings. The van der Waals surface area contributed by atoms with E-state index in [4.69, 9.17) is 4.74 Å². The molecule has 0 spiro atoms. The molecule has 0 radical (unpaired) electrons. The second-order valence-electron chi connectivity index (χ2n) is 6.81. The van der Waals surface area contributed by atoms with Crippen LogP contribution in [0.2, 0.25) is 0 Å². The molecule has 3 rings (SSSR count). The van der Waals surface area contributed by atoms with Gasteiger partial charge in [-0.05, 0) is 42.7 Å². The summed E-state index contributed by atoms with van der Waals surface area (Å²) in [5.41, 5.74) is 1.84. The van der Waals surface area contributed by atoms with E-state index in [1.54, 1.807) is 14.2 Å². The van der Waals surface area contributed by atoms with Crippen molar-refractivity contribution in [1.29, 1.82) is 0 Å². The highest BCUT2D eigenvalue weighted by Gasteiger charge is 2.12. The van der Waals surface area contributed by atoms with Gasteiger partial charge in [-0.1, -0.05) is 30.3 Å². The average Bonchev–Trinajstić information content (AvgIpc) is 3.03. The van der Waals surface area contributed by atoms with E-state index in [2.05, 4.69) is 22.5 Å². The van der Waals surface area contributed by atoms with Crippen molar-refractivity contribution in [2.24, 2.45) is 7.05 Å². The van der Waals surface area contributed by atoms with Crippen molar-refractivity contribution in [3.05, 3.63) is 70.6 Å². The molecule has 7 heteroatoms. The number of carbonyl (C=O) groups excluding carboxylic acids is 1. The predicted molar refractivity (Wildman–Crippen MR) is 112 cm³/mol. The number of aryl methyl sites for hydroxylation is 1. The summed E-state index contributed by atoms with van der Waals surface area (Å²) < 4.78 is 8.04. The van der Waals surface area contributed by atoms with Gasteiger partial charge in [-0.2, -0.15) is 0 Å². The maximum atomic E-state index is 12.4. The maximum Gasteiger partial charge on any atom is 0.345 e. The van der Waals surface area contributed by atoms with Crippen LogP contribution in [0.4, 0.5) is 0 Å². The van der Waals surface area contributed by atoms with Crippen LogP contribution < -0.4 is 15.7 Å². The van der Waals surface area contributed by atoms with Crippen LogP contribution in [0.25, 0.3) is 11.4 Å². The molecule has 2 aromatic carbocycles. The normalized spacial score (nSPS) is 10.7. The fraction of sp³-hybridized carbons (Fsp3) is 0.318. The average molecular weight is 394 g/mol. The van der Waals surface area contributed by atoms with Gasteiger partial charge in [0.15, 0.2) is 5.82 Å². The van der Waals surface area contributed by atoms with Crippen LogP contribution in [-0.4, -0.2) is 33.9 Å². The zero-order valence-electron chi connectivity index (χ0n) is 16.8. The van der Waals surface area contributed by atoms with Crippen molar-refractivity contribution in [2.45, 2.75) is 25.8 Å². The monoisotopic (exact) mass is 394 g/mol. The smallest absolute Gasteiger partial charge is 0.345 e. The van der Waals surface area contributed by atoms with Gasteiger partial charge in [0.2, 0.25) is 5.91 Å². The Hall–Kier alpha value is -3.35. The van der Waals surface area contributed by atoms with Gasteiger partial charge in [-0.25, -0.2) is 9.48 Å². The lowest BCUT2D eigenvalue weighted by molar-refractivity contribution is -0.121. The number of carbonyl (C=O) groups is 1. The Kier molecular flexibility index (Phi) is 6.84. The van der Waals surface area contributed by atoms with Crippen molar-refractivity contribution >= 4 is 5.91 Å². The molecule has 1 aromatic heterocycles. The number of methoxy groups -OCH3 is 1. The molecular formula is C22H26N4O3. The zero-order chi connectivity index (χ0) is 20.6. The number of nitrogens with one attached hydrogen (secondary N) is 1. The molecule has 0 atom stereocenters. The van der Waals surface area contributed by atoms with Gasteiger partial charge in [-0.15, -0.1) is 5.10 Å². The second kappa shape index (κ2) is 9.73. The van der Waals surface area contributed by atoms with E-state index in [0.717, 1.165) is 24.2 Å². The first-order valence-corrected chi connectivity index (χ1v) is 9.67. The molecule has 0 aliphatic carbocycles. The quantitative estimate of drug-likeness (QED) is 0.605. The molecule has 0 saturated heterocycles. The summed E-state index contributed by atoms with van der Waals surface area (Å²) in [5.74, 6) is 1.31. The van der Waals surface area contributed by atoms with E-state index in [-0.39, 0.29) is 11.6 Å². The Balaban J connectivity index is 1.50. The lowest BCUT2D eigenvalue weighted by atomic mass is 10.1. The van der Waals surface area contributed by atoms with Crippen molar-refractivity contribution in [2.75, 3.05) is 13.7 Å².